The third kappa shape index (κ3) is 2.70. The fourth-order valence-electron chi connectivity index (χ4n) is 2.80. The minimum Gasteiger partial charge on any atom is -0.384 e. The molecule has 0 amide bonds. The topological polar surface area (TPSA) is 49.9 Å². The van der Waals surface area contributed by atoms with Crippen molar-refractivity contribution in [2.75, 3.05) is 0 Å². The molecule has 3 aromatic carbocycles. The number of nitrogens with two attached hydrogens (primary N) is 1. The molecule has 0 radical (unpaired) electrons. The van der Waals surface area contributed by atoms with Crippen LogP contribution in [0.25, 0.3) is 31.7 Å². The van der Waals surface area contributed by atoms with Gasteiger partial charge in [0.25, 0.3) is 0 Å². The van der Waals surface area contributed by atoms with E-state index in [2.05, 4.69) is 54.6 Å². The smallest absolute Gasteiger partial charge is 0.122 e. The summed E-state index contributed by atoms with van der Waals surface area (Å²) >= 11 is 1.78. The first kappa shape index (κ1) is 14.7. The van der Waals surface area contributed by atoms with Crippen molar-refractivity contribution in [3.63, 3.8) is 0 Å². The molecular formula is C21H16N2S. The Morgan fingerprint density at radius 2 is 1.33 bits per heavy atom. The van der Waals surface area contributed by atoms with E-state index in [1.807, 2.05) is 24.3 Å². The number of hydrogen-bond donors (Lipinski definition) is 2. The Balaban J connectivity index is 1.69. The van der Waals surface area contributed by atoms with Gasteiger partial charge in [-0.1, -0.05) is 60.7 Å². The van der Waals surface area contributed by atoms with E-state index in [0.717, 1.165) is 11.1 Å². The van der Waals surface area contributed by atoms with Crippen LogP contribution in [0.5, 0.6) is 0 Å². The van der Waals surface area contributed by atoms with Crippen LogP contribution in [0.1, 0.15) is 5.56 Å². The quantitative estimate of drug-likeness (QED) is 0.377. The van der Waals surface area contributed by atoms with Crippen molar-refractivity contribution >= 4 is 27.9 Å². The van der Waals surface area contributed by atoms with Crippen molar-refractivity contribution in [3.05, 3.63) is 84.4 Å². The number of fused-ring (bicyclic) bond motifs is 1. The lowest BCUT2D eigenvalue weighted by atomic mass is 10.1. The van der Waals surface area contributed by atoms with Gasteiger partial charge >= 0.3 is 0 Å². The van der Waals surface area contributed by atoms with Gasteiger partial charge in [0.05, 0.1) is 0 Å². The summed E-state index contributed by atoms with van der Waals surface area (Å²) in [6.07, 6.45) is 0. The minimum atomic E-state index is 0.101. The molecule has 3 heteroatoms. The number of rotatable bonds is 3. The zero-order valence-corrected chi connectivity index (χ0v) is 13.8. The summed E-state index contributed by atoms with van der Waals surface area (Å²) in [5, 5.41) is 10.00. The Morgan fingerprint density at radius 3 is 2.04 bits per heavy atom. The highest BCUT2D eigenvalue weighted by molar-refractivity contribution is 7.18. The first-order valence-corrected chi connectivity index (χ1v) is 8.56. The molecule has 4 rings (SSSR count). The molecule has 24 heavy (non-hydrogen) atoms. The average molecular weight is 328 g/mol. The Labute approximate surface area is 144 Å². The second-order valence-corrected chi connectivity index (χ2v) is 6.80. The maximum Gasteiger partial charge on any atom is 0.122 e. The molecule has 0 bridgehead atoms. The van der Waals surface area contributed by atoms with Crippen molar-refractivity contribution in [2.45, 2.75) is 0 Å². The number of nitrogens with one attached hydrogen (secondary N) is 1. The van der Waals surface area contributed by atoms with Crippen molar-refractivity contribution < 1.29 is 0 Å². The maximum absolute atomic E-state index is 7.47. The van der Waals surface area contributed by atoms with Crippen LogP contribution >= 0.6 is 11.3 Å². The molecule has 0 saturated carbocycles. The number of thiophene rings is 1. The average Bonchev–Trinajstić information content (AvgIpc) is 3.11. The first-order chi connectivity index (χ1) is 11.7. The molecule has 0 saturated heterocycles. The highest BCUT2D eigenvalue weighted by atomic mass is 32.1. The zero-order valence-electron chi connectivity index (χ0n) is 13.0. The van der Waals surface area contributed by atoms with Crippen molar-refractivity contribution in [1.82, 2.24) is 0 Å². The van der Waals surface area contributed by atoms with E-state index in [0.29, 0.717) is 0 Å². The number of nitrogen functional groups attached to an aromatic ring is 1. The summed E-state index contributed by atoms with van der Waals surface area (Å²) in [6, 6.07) is 27.2. The standard InChI is InChI=1S/C21H16N2S/c22-21(23)16-8-6-15(7-9-16)19-11-12-20(24-19)18-10-5-14-3-1-2-4-17(14)13-18/h1-13H,(H3,22,23). The highest BCUT2D eigenvalue weighted by Gasteiger charge is 2.06. The molecule has 0 aliphatic carbocycles. The fourth-order valence-corrected chi connectivity index (χ4v) is 3.81. The molecule has 0 fully saturated rings. The lowest BCUT2D eigenvalue weighted by molar-refractivity contribution is 1.43. The van der Waals surface area contributed by atoms with Crippen LogP contribution in [-0.2, 0) is 0 Å². The predicted octanol–water partition coefficient (Wildman–Crippen LogP) is 5.52. The maximum atomic E-state index is 7.47. The first-order valence-electron chi connectivity index (χ1n) is 7.74. The van der Waals surface area contributed by atoms with Gasteiger partial charge in [-0.2, -0.15) is 0 Å². The summed E-state index contributed by atoms with van der Waals surface area (Å²) in [5.41, 5.74) is 8.66. The Bertz CT molecular complexity index is 1030. The van der Waals surface area contributed by atoms with Crippen LogP contribution in [-0.4, -0.2) is 5.84 Å². The SMILES string of the molecule is N=C(N)c1ccc(-c2ccc(-c3ccc4ccccc4c3)s2)cc1. The van der Waals surface area contributed by atoms with Crippen LogP contribution in [0.3, 0.4) is 0 Å². The molecule has 0 unspecified atom stereocenters. The lowest BCUT2D eigenvalue weighted by Gasteiger charge is -2.02. The number of benzene rings is 3. The van der Waals surface area contributed by atoms with E-state index in [1.54, 1.807) is 11.3 Å². The normalized spacial score (nSPS) is 10.8. The van der Waals surface area contributed by atoms with Crippen LogP contribution in [0, 0.1) is 5.41 Å². The summed E-state index contributed by atoms with van der Waals surface area (Å²) in [7, 11) is 0. The van der Waals surface area contributed by atoms with Crippen molar-refractivity contribution in [2.24, 2.45) is 5.73 Å². The number of amidine groups is 1. The van der Waals surface area contributed by atoms with E-state index in [9.17, 15) is 0 Å². The van der Waals surface area contributed by atoms with E-state index >= 15 is 0 Å². The van der Waals surface area contributed by atoms with E-state index < -0.39 is 0 Å². The summed E-state index contributed by atoms with van der Waals surface area (Å²) in [6.45, 7) is 0. The molecule has 0 aliphatic rings. The van der Waals surface area contributed by atoms with Crippen LogP contribution in [0.4, 0.5) is 0 Å². The van der Waals surface area contributed by atoms with Crippen LogP contribution < -0.4 is 5.73 Å². The molecule has 0 atom stereocenters. The lowest BCUT2D eigenvalue weighted by Crippen LogP contribution is -2.10. The molecule has 0 aliphatic heterocycles. The van der Waals surface area contributed by atoms with E-state index in [4.69, 9.17) is 11.1 Å². The molecule has 3 N–H and O–H groups in total. The fraction of sp³-hybridized carbons (Fsp3) is 0. The predicted molar refractivity (Wildman–Crippen MR) is 104 cm³/mol. The zero-order chi connectivity index (χ0) is 16.5. The monoisotopic (exact) mass is 328 g/mol. The van der Waals surface area contributed by atoms with Gasteiger partial charge in [0.1, 0.15) is 5.84 Å². The molecular weight excluding hydrogens is 312 g/mol. The van der Waals surface area contributed by atoms with Gasteiger partial charge < -0.3 is 5.73 Å². The third-order valence-corrected chi connectivity index (χ3v) is 5.30. The Kier molecular flexibility index (Phi) is 3.63. The highest BCUT2D eigenvalue weighted by Crippen LogP contribution is 2.35. The molecule has 2 nitrogen and oxygen atoms in total. The second kappa shape index (κ2) is 5.95. The minimum absolute atomic E-state index is 0.101. The van der Waals surface area contributed by atoms with Gasteiger partial charge in [0.15, 0.2) is 0 Å². The van der Waals surface area contributed by atoms with Crippen molar-refractivity contribution in [3.8, 4) is 20.9 Å². The summed E-state index contributed by atoms with van der Waals surface area (Å²) in [4.78, 5) is 2.47. The largest absolute Gasteiger partial charge is 0.384 e. The molecule has 1 heterocycles. The van der Waals surface area contributed by atoms with E-state index in [1.165, 1.54) is 26.1 Å². The third-order valence-electron chi connectivity index (χ3n) is 4.12. The molecule has 1 aromatic heterocycles. The second-order valence-electron chi connectivity index (χ2n) is 5.72. The summed E-state index contributed by atoms with van der Waals surface area (Å²) in [5.74, 6) is 0.101. The van der Waals surface area contributed by atoms with Crippen LogP contribution in [0.2, 0.25) is 0 Å². The van der Waals surface area contributed by atoms with Gasteiger partial charge in [-0.15, -0.1) is 11.3 Å². The van der Waals surface area contributed by atoms with Gasteiger partial charge in [0.2, 0.25) is 0 Å². The van der Waals surface area contributed by atoms with Gasteiger partial charge in [-0.25, -0.2) is 0 Å². The molecule has 4 aromatic rings. The summed E-state index contributed by atoms with van der Waals surface area (Å²) < 4.78 is 0. The molecule has 116 valence electrons. The van der Waals surface area contributed by atoms with Gasteiger partial charge in [-0.3, -0.25) is 5.41 Å². The van der Waals surface area contributed by atoms with Gasteiger partial charge in [0, 0.05) is 15.3 Å². The van der Waals surface area contributed by atoms with E-state index in [-0.39, 0.29) is 5.84 Å². The van der Waals surface area contributed by atoms with Crippen LogP contribution in [0.15, 0.2) is 78.9 Å². The Morgan fingerprint density at radius 1 is 0.708 bits per heavy atom. The number of hydrogen-bond acceptors (Lipinski definition) is 2. The van der Waals surface area contributed by atoms with Gasteiger partial charge in [-0.05, 0) is 40.1 Å². The Hall–Kier alpha value is -2.91. The van der Waals surface area contributed by atoms with Crippen molar-refractivity contribution in [1.29, 1.82) is 5.41 Å². The molecule has 0 spiro atoms.